The van der Waals surface area contributed by atoms with Gasteiger partial charge in [0.05, 0.1) is 0 Å². The van der Waals surface area contributed by atoms with Crippen molar-refractivity contribution in [3.8, 4) is 11.1 Å². The first kappa shape index (κ1) is 16.1. The number of benzene rings is 2. The summed E-state index contributed by atoms with van der Waals surface area (Å²) in [7, 11) is 0. The van der Waals surface area contributed by atoms with Crippen molar-refractivity contribution in [3.05, 3.63) is 64.4 Å². The monoisotopic (exact) mass is 319 g/mol. The molecular weight excluding hydrogens is 298 g/mol. The Morgan fingerprint density at radius 2 is 1.79 bits per heavy atom. The zero-order chi connectivity index (χ0) is 17.4. The van der Waals surface area contributed by atoms with E-state index in [2.05, 4.69) is 55.2 Å². The highest BCUT2D eigenvalue weighted by molar-refractivity contribution is 5.92. The number of nitrogens with one attached hydrogen (secondary N) is 1. The van der Waals surface area contributed by atoms with Gasteiger partial charge in [0, 0.05) is 22.2 Å². The molecule has 3 rings (SSSR count). The van der Waals surface area contributed by atoms with Crippen LogP contribution in [-0.2, 0) is 4.79 Å². The maximum atomic E-state index is 11.0. The Hall–Kier alpha value is -2.81. The van der Waals surface area contributed by atoms with Gasteiger partial charge in [0.15, 0.2) is 0 Å². The number of H-pyrrole nitrogens is 1. The smallest absolute Gasteiger partial charge is 0.331 e. The number of aromatic amines is 1. The van der Waals surface area contributed by atoms with Crippen molar-refractivity contribution in [3.63, 3.8) is 0 Å². The van der Waals surface area contributed by atoms with Gasteiger partial charge in [-0.05, 0) is 79.8 Å². The number of hydrogen-bond acceptors (Lipinski definition) is 1. The lowest BCUT2D eigenvalue weighted by Crippen LogP contribution is -1.97. The number of carboxylic acids is 1. The second-order valence-electron chi connectivity index (χ2n) is 6.41. The van der Waals surface area contributed by atoms with Gasteiger partial charge >= 0.3 is 5.97 Å². The highest BCUT2D eigenvalue weighted by Gasteiger charge is 2.09. The molecule has 2 N–H and O–H groups in total. The third-order valence-electron chi connectivity index (χ3n) is 4.39. The molecule has 0 aliphatic heterocycles. The fraction of sp³-hybridized carbons (Fsp3) is 0.190. The third-order valence-corrected chi connectivity index (χ3v) is 4.39. The molecule has 122 valence electrons. The first-order chi connectivity index (χ1) is 11.3. The van der Waals surface area contributed by atoms with Crippen LogP contribution in [0, 0.1) is 20.8 Å². The van der Waals surface area contributed by atoms with Crippen molar-refractivity contribution in [2.45, 2.75) is 27.7 Å². The van der Waals surface area contributed by atoms with Gasteiger partial charge in [-0.25, -0.2) is 4.79 Å². The van der Waals surface area contributed by atoms with Crippen LogP contribution >= 0.6 is 0 Å². The summed E-state index contributed by atoms with van der Waals surface area (Å²) in [6.07, 6.45) is 1.73. The molecule has 0 amide bonds. The van der Waals surface area contributed by atoms with Crippen molar-refractivity contribution in [2.24, 2.45) is 0 Å². The van der Waals surface area contributed by atoms with Crippen LogP contribution in [-0.4, -0.2) is 16.1 Å². The van der Waals surface area contributed by atoms with E-state index in [-0.39, 0.29) is 0 Å². The second-order valence-corrected chi connectivity index (χ2v) is 6.41. The normalized spacial score (nSPS) is 11.9. The summed E-state index contributed by atoms with van der Waals surface area (Å²) < 4.78 is 0. The van der Waals surface area contributed by atoms with Crippen molar-refractivity contribution in [2.75, 3.05) is 0 Å². The number of hydrogen-bond donors (Lipinski definition) is 2. The van der Waals surface area contributed by atoms with E-state index in [0.29, 0.717) is 5.57 Å². The molecule has 3 aromatic rings. The predicted molar refractivity (Wildman–Crippen MR) is 99.2 cm³/mol. The summed E-state index contributed by atoms with van der Waals surface area (Å²) in [6, 6.07) is 12.8. The first-order valence-corrected chi connectivity index (χ1v) is 7.98. The van der Waals surface area contributed by atoms with Crippen LogP contribution in [0.15, 0.2) is 42.0 Å². The van der Waals surface area contributed by atoms with E-state index in [1.807, 2.05) is 6.92 Å². The molecule has 0 aliphatic carbocycles. The number of rotatable bonds is 3. The molecule has 1 heterocycles. The molecule has 0 saturated heterocycles. The predicted octanol–water partition coefficient (Wildman–Crippen LogP) is 5.25. The van der Waals surface area contributed by atoms with Crippen LogP contribution in [0.5, 0.6) is 0 Å². The molecule has 0 unspecified atom stereocenters. The lowest BCUT2D eigenvalue weighted by atomic mass is 9.93. The molecular formula is C21H21NO2. The molecule has 0 bridgehead atoms. The minimum absolute atomic E-state index is 0.342. The zero-order valence-electron chi connectivity index (χ0n) is 14.4. The van der Waals surface area contributed by atoms with Gasteiger partial charge in [-0.1, -0.05) is 18.2 Å². The quantitative estimate of drug-likeness (QED) is 0.648. The summed E-state index contributed by atoms with van der Waals surface area (Å²) in [5, 5.41) is 10.3. The van der Waals surface area contributed by atoms with E-state index < -0.39 is 5.97 Å². The fourth-order valence-electron chi connectivity index (χ4n) is 3.05. The molecule has 2 aromatic carbocycles. The number of aliphatic carboxylic acids is 1. The van der Waals surface area contributed by atoms with Crippen LogP contribution in [0.1, 0.15) is 29.3 Å². The average Bonchev–Trinajstić information content (AvgIpc) is 2.89. The van der Waals surface area contributed by atoms with Crippen LogP contribution in [0.25, 0.3) is 28.1 Å². The number of carboxylic acid groups (broad SMARTS) is 1. The van der Waals surface area contributed by atoms with Gasteiger partial charge in [0.25, 0.3) is 0 Å². The SMILES string of the molecule is C/C(=C\c1cc(C)c(-c2ccc3[nH]c(C)cc3c2)cc1C)C(=O)O. The Bertz CT molecular complexity index is 977. The van der Waals surface area contributed by atoms with Gasteiger partial charge in [-0.15, -0.1) is 0 Å². The molecule has 0 aliphatic rings. The van der Waals surface area contributed by atoms with E-state index >= 15 is 0 Å². The summed E-state index contributed by atoms with van der Waals surface area (Å²) in [6.45, 7) is 7.76. The van der Waals surface area contributed by atoms with Gasteiger partial charge in [-0.3, -0.25) is 0 Å². The molecule has 3 heteroatoms. The van der Waals surface area contributed by atoms with Crippen LogP contribution in [0.3, 0.4) is 0 Å². The second kappa shape index (κ2) is 6.00. The van der Waals surface area contributed by atoms with E-state index in [0.717, 1.165) is 27.9 Å². The summed E-state index contributed by atoms with van der Waals surface area (Å²) in [5.74, 6) is -0.885. The Kier molecular flexibility index (Phi) is 4.02. The Balaban J connectivity index is 2.09. The van der Waals surface area contributed by atoms with Crippen molar-refractivity contribution >= 4 is 22.9 Å². The number of carbonyl (C=O) groups is 1. The highest BCUT2D eigenvalue weighted by Crippen LogP contribution is 2.30. The summed E-state index contributed by atoms with van der Waals surface area (Å²) in [5.41, 5.74) is 8.15. The zero-order valence-corrected chi connectivity index (χ0v) is 14.4. The largest absolute Gasteiger partial charge is 0.478 e. The number of aromatic nitrogens is 1. The van der Waals surface area contributed by atoms with E-state index in [1.54, 1.807) is 13.0 Å². The number of fused-ring (bicyclic) bond motifs is 1. The van der Waals surface area contributed by atoms with E-state index in [9.17, 15) is 4.79 Å². The summed E-state index contributed by atoms with van der Waals surface area (Å²) >= 11 is 0. The Morgan fingerprint density at radius 3 is 2.50 bits per heavy atom. The average molecular weight is 319 g/mol. The molecule has 0 fully saturated rings. The van der Waals surface area contributed by atoms with Gasteiger partial charge < -0.3 is 10.1 Å². The molecule has 0 saturated carbocycles. The molecule has 1 aromatic heterocycles. The van der Waals surface area contributed by atoms with Crippen LogP contribution in [0.4, 0.5) is 0 Å². The van der Waals surface area contributed by atoms with Crippen LogP contribution in [0.2, 0.25) is 0 Å². The van der Waals surface area contributed by atoms with Crippen molar-refractivity contribution in [1.29, 1.82) is 0 Å². The maximum Gasteiger partial charge on any atom is 0.331 e. The molecule has 0 atom stereocenters. The van der Waals surface area contributed by atoms with Crippen molar-refractivity contribution in [1.82, 2.24) is 4.98 Å². The molecule has 24 heavy (non-hydrogen) atoms. The minimum Gasteiger partial charge on any atom is -0.478 e. The third kappa shape index (κ3) is 2.98. The van der Waals surface area contributed by atoms with E-state index in [1.165, 1.54) is 16.5 Å². The molecule has 3 nitrogen and oxygen atoms in total. The molecule has 0 radical (unpaired) electrons. The topological polar surface area (TPSA) is 53.1 Å². The fourth-order valence-corrected chi connectivity index (χ4v) is 3.05. The Labute approximate surface area is 141 Å². The maximum absolute atomic E-state index is 11.0. The first-order valence-electron chi connectivity index (χ1n) is 7.98. The van der Waals surface area contributed by atoms with Crippen LogP contribution < -0.4 is 0 Å². The Morgan fingerprint density at radius 1 is 1.04 bits per heavy atom. The molecule has 0 spiro atoms. The lowest BCUT2D eigenvalue weighted by molar-refractivity contribution is -0.132. The van der Waals surface area contributed by atoms with Gasteiger partial charge in [0.1, 0.15) is 0 Å². The highest BCUT2D eigenvalue weighted by atomic mass is 16.4. The summed E-state index contributed by atoms with van der Waals surface area (Å²) in [4.78, 5) is 14.4. The van der Waals surface area contributed by atoms with E-state index in [4.69, 9.17) is 5.11 Å². The lowest BCUT2D eigenvalue weighted by Gasteiger charge is -2.11. The van der Waals surface area contributed by atoms with Crippen molar-refractivity contribution < 1.29 is 9.90 Å². The van der Waals surface area contributed by atoms with Gasteiger partial charge in [-0.2, -0.15) is 0 Å². The van der Waals surface area contributed by atoms with Gasteiger partial charge in [0.2, 0.25) is 0 Å². The standard InChI is InChI=1S/C21H21NO2/c1-12-9-19(13(2)7-17(12)8-14(3)21(23)24)16-5-6-20-18(11-16)10-15(4)22-20/h5-11,22H,1-4H3,(H,23,24)/b14-8+. The number of aryl methyl sites for hydroxylation is 3. The minimum atomic E-state index is -0.885.